The van der Waals surface area contributed by atoms with E-state index in [0.29, 0.717) is 25.2 Å². The van der Waals surface area contributed by atoms with Crippen molar-refractivity contribution < 1.29 is 39.5 Å². The monoisotopic (exact) mass is 560 g/mol. The zero-order valence-electron chi connectivity index (χ0n) is 19.2. The van der Waals surface area contributed by atoms with Gasteiger partial charge in [0.15, 0.2) is 0 Å². The summed E-state index contributed by atoms with van der Waals surface area (Å²) >= 11 is 0. The minimum absolute atomic E-state index is 0. The van der Waals surface area contributed by atoms with Crippen LogP contribution in [-0.2, 0) is 27.1 Å². The molecule has 1 aliphatic rings. The Labute approximate surface area is 212 Å². The zero-order chi connectivity index (χ0) is 25.9. The normalized spacial score (nSPS) is 16.4. The number of hydrogen-bond donors (Lipinski definition) is 2. The highest BCUT2D eigenvalue weighted by molar-refractivity contribution is 7.88. The molecule has 0 spiro atoms. The lowest BCUT2D eigenvalue weighted by Gasteiger charge is -2.27. The summed E-state index contributed by atoms with van der Waals surface area (Å²) in [6.07, 6.45) is -9.28. The number of piperidine rings is 1. The van der Waals surface area contributed by atoms with Crippen LogP contribution >= 0.6 is 12.4 Å². The van der Waals surface area contributed by atoms with Gasteiger partial charge in [0.1, 0.15) is 0 Å². The van der Waals surface area contributed by atoms with Gasteiger partial charge < -0.3 is 10.1 Å². The molecule has 1 unspecified atom stereocenters. The fourth-order valence-electron chi connectivity index (χ4n) is 4.01. The van der Waals surface area contributed by atoms with Gasteiger partial charge in [-0.2, -0.15) is 26.3 Å². The van der Waals surface area contributed by atoms with E-state index >= 15 is 0 Å². The quantitative estimate of drug-likeness (QED) is 0.423. The van der Waals surface area contributed by atoms with Crippen molar-refractivity contribution in [2.75, 3.05) is 32.5 Å². The summed E-state index contributed by atoms with van der Waals surface area (Å²) in [5.74, 6) is 0.0461. The van der Waals surface area contributed by atoms with Crippen molar-refractivity contribution in [3.8, 4) is 11.1 Å². The van der Waals surface area contributed by atoms with Crippen LogP contribution in [0.25, 0.3) is 11.1 Å². The van der Waals surface area contributed by atoms with Crippen LogP contribution in [-0.4, -0.2) is 40.9 Å². The van der Waals surface area contributed by atoms with Crippen LogP contribution < -0.4 is 10.0 Å². The van der Waals surface area contributed by atoms with E-state index in [2.05, 4.69) is 10.0 Å². The number of alkyl halides is 6. The van der Waals surface area contributed by atoms with Gasteiger partial charge in [-0.05, 0) is 55.1 Å². The molecule has 1 saturated heterocycles. The lowest BCUT2D eigenvalue weighted by molar-refractivity contribution is -0.142. The van der Waals surface area contributed by atoms with Gasteiger partial charge in [0, 0.05) is 12.1 Å². The Morgan fingerprint density at radius 2 is 1.53 bits per heavy atom. The fraction of sp³-hybridized carbons (Fsp3) is 0.478. The second-order valence-electron chi connectivity index (χ2n) is 8.49. The van der Waals surface area contributed by atoms with Crippen LogP contribution in [0, 0.1) is 5.92 Å². The number of hydrogen-bond acceptors (Lipinski definition) is 4. The van der Waals surface area contributed by atoms with Crippen LogP contribution in [0.4, 0.5) is 26.3 Å². The van der Waals surface area contributed by atoms with E-state index in [9.17, 15) is 34.8 Å². The Morgan fingerprint density at radius 3 is 2.00 bits per heavy atom. The summed E-state index contributed by atoms with van der Waals surface area (Å²) in [6.45, 7) is 0.981. The van der Waals surface area contributed by atoms with Crippen LogP contribution in [0.5, 0.6) is 0 Å². The molecule has 0 saturated carbocycles. The maximum atomic E-state index is 14.1. The largest absolute Gasteiger partial charge is 0.417 e. The van der Waals surface area contributed by atoms with Gasteiger partial charge in [-0.1, -0.05) is 30.3 Å². The molecule has 3 rings (SSSR count). The van der Waals surface area contributed by atoms with Crippen LogP contribution in [0.3, 0.4) is 0 Å². The highest BCUT2D eigenvalue weighted by atomic mass is 35.5. The molecule has 0 bridgehead atoms. The Hall–Kier alpha value is -1.86. The molecule has 0 aromatic heterocycles. The fourth-order valence-corrected chi connectivity index (χ4v) is 4.47. The molecule has 1 atom stereocenters. The summed E-state index contributed by atoms with van der Waals surface area (Å²) in [6, 6.07) is 7.78. The molecule has 2 aromatic carbocycles. The highest BCUT2D eigenvalue weighted by Crippen LogP contribution is 2.46. The van der Waals surface area contributed by atoms with Crippen molar-refractivity contribution in [3.63, 3.8) is 0 Å². The van der Waals surface area contributed by atoms with Crippen molar-refractivity contribution in [2.45, 2.75) is 31.3 Å². The molecule has 5 nitrogen and oxygen atoms in total. The lowest BCUT2D eigenvalue weighted by Crippen LogP contribution is -2.33. The van der Waals surface area contributed by atoms with Gasteiger partial charge in [-0.15, -0.1) is 12.4 Å². The van der Waals surface area contributed by atoms with Crippen molar-refractivity contribution in [3.05, 3.63) is 59.2 Å². The molecular weight excluding hydrogens is 534 g/mol. The van der Waals surface area contributed by atoms with Crippen molar-refractivity contribution in [1.29, 1.82) is 0 Å². The van der Waals surface area contributed by atoms with Gasteiger partial charge in [-0.3, -0.25) is 0 Å². The molecule has 13 heteroatoms. The third-order valence-corrected chi connectivity index (χ3v) is 6.42. The molecule has 1 heterocycles. The van der Waals surface area contributed by atoms with Gasteiger partial charge >= 0.3 is 12.4 Å². The van der Waals surface area contributed by atoms with E-state index in [1.165, 1.54) is 30.3 Å². The Balaban J connectivity index is 0.00000456. The predicted octanol–water partition coefficient (Wildman–Crippen LogP) is 5.42. The summed E-state index contributed by atoms with van der Waals surface area (Å²) < 4.78 is 116. The van der Waals surface area contributed by atoms with Gasteiger partial charge in [0.25, 0.3) is 0 Å². The third-order valence-electron chi connectivity index (χ3n) is 5.73. The smallest absolute Gasteiger partial charge is 0.372 e. The molecule has 202 valence electrons. The minimum Gasteiger partial charge on any atom is -0.372 e. The predicted molar refractivity (Wildman–Crippen MR) is 126 cm³/mol. The summed E-state index contributed by atoms with van der Waals surface area (Å²) in [4.78, 5) is 0. The topological polar surface area (TPSA) is 67.4 Å². The standard InChI is InChI=1S/C23H26F6N2O3S.ClH/c1-35(32,33)31-13-20(34-14-15-7-9-30-10-8-15)17-11-18(22(24,25)26)21(16-5-3-2-4-6-16)19(12-17)23(27,28)29;/h2-6,11-12,15,20,30-31H,7-10,13-14H2,1H3;1H. The molecule has 2 aromatic rings. The van der Waals surface area contributed by atoms with Crippen LogP contribution in [0.1, 0.15) is 35.6 Å². The van der Waals surface area contributed by atoms with Crippen molar-refractivity contribution in [2.24, 2.45) is 5.92 Å². The first-order valence-corrected chi connectivity index (χ1v) is 12.8. The molecule has 1 aliphatic heterocycles. The molecule has 0 amide bonds. The molecule has 0 radical (unpaired) electrons. The first-order chi connectivity index (χ1) is 16.3. The maximum absolute atomic E-state index is 14.1. The van der Waals surface area contributed by atoms with Crippen molar-refractivity contribution >= 4 is 22.4 Å². The summed E-state index contributed by atoms with van der Waals surface area (Å²) in [5, 5.41) is 3.15. The van der Waals surface area contributed by atoms with Gasteiger partial charge in [0.2, 0.25) is 10.0 Å². The summed E-state index contributed by atoms with van der Waals surface area (Å²) in [7, 11) is -3.78. The maximum Gasteiger partial charge on any atom is 0.417 e. The second-order valence-corrected chi connectivity index (χ2v) is 10.3. The van der Waals surface area contributed by atoms with E-state index < -0.39 is 57.3 Å². The molecule has 1 fully saturated rings. The molecule has 0 aliphatic carbocycles. The van der Waals surface area contributed by atoms with E-state index in [-0.39, 0.29) is 30.5 Å². The van der Waals surface area contributed by atoms with E-state index in [0.717, 1.165) is 19.1 Å². The Bertz CT molecular complexity index is 1070. The van der Waals surface area contributed by atoms with E-state index in [1.807, 2.05) is 0 Å². The Kier molecular flexibility index (Phi) is 10.2. The van der Waals surface area contributed by atoms with Crippen LogP contribution in [0.15, 0.2) is 42.5 Å². The first kappa shape index (κ1) is 30.4. The molecular formula is C23H27ClF6N2O3S. The average molecular weight is 561 g/mol. The number of halogens is 7. The van der Waals surface area contributed by atoms with Gasteiger partial charge in [0.05, 0.1) is 30.1 Å². The number of nitrogens with one attached hydrogen (secondary N) is 2. The van der Waals surface area contributed by atoms with E-state index in [4.69, 9.17) is 4.74 Å². The molecule has 36 heavy (non-hydrogen) atoms. The Morgan fingerprint density at radius 1 is 1.00 bits per heavy atom. The summed E-state index contributed by atoms with van der Waals surface area (Å²) in [5.41, 5.74) is -4.57. The minimum atomic E-state index is -5.11. The first-order valence-electron chi connectivity index (χ1n) is 10.9. The number of sulfonamides is 1. The number of benzene rings is 2. The van der Waals surface area contributed by atoms with Gasteiger partial charge in [-0.25, -0.2) is 13.1 Å². The number of rotatable bonds is 8. The highest BCUT2D eigenvalue weighted by Gasteiger charge is 2.42. The number of ether oxygens (including phenoxy) is 1. The second kappa shape index (κ2) is 12.1. The van der Waals surface area contributed by atoms with Crippen LogP contribution in [0.2, 0.25) is 0 Å². The third kappa shape index (κ3) is 8.34. The SMILES string of the molecule is CS(=O)(=O)NCC(OCC1CCNCC1)c1cc(C(F)(F)F)c(-c2ccccc2)c(C(F)(F)F)c1.Cl. The zero-order valence-corrected chi connectivity index (χ0v) is 20.9. The van der Waals surface area contributed by atoms with Crippen molar-refractivity contribution in [1.82, 2.24) is 10.0 Å². The van der Waals surface area contributed by atoms with E-state index in [1.54, 1.807) is 0 Å². The molecule has 2 N–H and O–H groups in total. The average Bonchev–Trinajstić information content (AvgIpc) is 2.78. The lowest BCUT2D eigenvalue weighted by atomic mass is 9.90.